The van der Waals surface area contributed by atoms with Crippen LogP contribution in [-0.2, 0) is 19.4 Å². The molecule has 0 bridgehead atoms. The minimum absolute atomic E-state index is 0.301. The van der Waals surface area contributed by atoms with Crippen LogP contribution >= 0.6 is 0 Å². The molecule has 0 saturated heterocycles. The van der Waals surface area contributed by atoms with Crippen LogP contribution in [0.15, 0.2) is 42.5 Å². The Morgan fingerprint density at radius 1 is 1.12 bits per heavy atom. The number of hydrogen-bond acceptors (Lipinski definition) is 3. The Morgan fingerprint density at radius 3 is 2.85 bits per heavy atom. The topological polar surface area (TPSA) is 47.3 Å². The lowest BCUT2D eigenvalue weighted by Crippen LogP contribution is -2.24. The molecule has 1 atom stereocenters. The molecule has 134 valence electrons. The Hall–Kier alpha value is -2.33. The molecule has 26 heavy (non-hydrogen) atoms. The minimum Gasteiger partial charge on any atom is -0.491 e. The van der Waals surface area contributed by atoms with Gasteiger partial charge in [-0.05, 0) is 67.5 Å². The fraction of sp³-hybridized carbons (Fsp3) is 0.409. The van der Waals surface area contributed by atoms with Crippen LogP contribution in [0.5, 0.6) is 5.75 Å². The molecule has 1 N–H and O–H groups in total. The number of aliphatic hydroxyl groups is 1. The number of aromatic nitrogens is 2. The molecule has 2 aromatic carbocycles. The Bertz CT molecular complexity index is 942. The van der Waals surface area contributed by atoms with E-state index in [0.29, 0.717) is 19.1 Å². The SMILES string of the molecule is OC(COc1ccc2c(c1)CCC2)Cn1c(C2CC2)nc2ccccc21. The van der Waals surface area contributed by atoms with Crippen molar-refractivity contribution in [3.63, 3.8) is 0 Å². The van der Waals surface area contributed by atoms with Crippen LogP contribution in [0.25, 0.3) is 11.0 Å². The van der Waals surface area contributed by atoms with Gasteiger partial charge in [-0.25, -0.2) is 4.98 Å². The summed E-state index contributed by atoms with van der Waals surface area (Å²) in [5.41, 5.74) is 4.96. The number of aliphatic hydroxyl groups excluding tert-OH is 1. The zero-order valence-electron chi connectivity index (χ0n) is 14.9. The molecule has 1 heterocycles. The highest BCUT2D eigenvalue weighted by Gasteiger charge is 2.30. The van der Waals surface area contributed by atoms with Crippen molar-refractivity contribution in [2.24, 2.45) is 0 Å². The van der Waals surface area contributed by atoms with Gasteiger partial charge in [-0.2, -0.15) is 0 Å². The molecule has 0 aliphatic heterocycles. The molecule has 4 heteroatoms. The standard InChI is InChI=1S/C22H24N2O2/c25-18(14-26-19-11-10-15-4-3-5-17(15)12-19)13-24-21-7-2-1-6-20(21)23-22(24)16-8-9-16/h1-2,6-7,10-12,16,18,25H,3-5,8-9,13-14H2. The van der Waals surface area contributed by atoms with Crippen molar-refractivity contribution < 1.29 is 9.84 Å². The van der Waals surface area contributed by atoms with Gasteiger partial charge in [0.2, 0.25) is 0 Å². The molecule has 4 nitrogen and oxygen atoms in total. The molecule has 0 spiro atoms. The Balaban J connectivity index is 1.30. The van der Waals surface area contributed by atoms with Crippen molar-refractivity contribution in [1.29, 1.82) is 0 Å². The van der Waals surface area contributed by atoms with Crippen LogP contribution in [0, 0.1) is 0 Å². The molecule has 0 radical (unpaired) electrons. The number of imidazole rings is 1. The van der Waals surface area contributed by atoms with Gasteiger partial charge in [0.05, 0.1) is 17.6 Å². The second-order valence-electron chi connectivity index (χ2n) is 7.59. The van der Waals surface area contributed by atoms with Gasteiger partial charge in [0, 0.05) is 5.92 Å². The van der Waals surface area contributed by atoms with Crippen molar-refractivity contribution in [2.45, 2.75) is 50.7 Å². The van der Waals surface area contributed by atoms with E-state index in [9.17, 15) is 5.11 Å². The van der Waals surface area contributed by atoms with E-state index in [1.165, 1.54) is 36.8 Å². The largest absolute Gasteiger partial charge is 0.491 e. The van der Waals surface area contributed by atoms with E-state index in [-0.39, 0.29) is 0 Å². The zero-order chi connectivity index (χ0) is 17.5. The fourth-order valence-corrected chi connectivity index (χ4v) is 4.03. The summed E-state index contributed by atoms with van der Waals surface area (Å²) in [5, 5.41) is 10.6. The van der Waals surface area contributed by atoms with Gasteiger partial charge < -0.3 is 14.4 Å². The first-order valence-corrected chi connectivity index (χ1v) is 9.66. The lowest BCUT2D eigenvalue weighted by Gasteiger charge is -2.16. The molecule has 2 aliphatic carbocycles. The number of benzene rings is 2. The highest BCUT2D eigenvalue weighted by Crippen LogP contribution is 2.40. The zero-order valence-corrected chi connectivity index (χ0v) is 14.9. The van der Waals surface area contributed by atoms with Crippen molar-refractivity contribution in [2.75, 3.05) is 6.61 Å². The van der Waals surface area contributed by atoms with Crippen LogP contribution in [0.4, 0.5) is 0 Å². The lowest BCUT2D eigenvalue weighted by atomic mass is 10.1. The normalized spacial score (nSPS) is 17.4. The predicted molar refractivity (Wildman–Crippen MR) is 102 cm³/mol. The smallest absolute Gasteiger partial charge is 0.119 e. The van der Waals surface area contributed by atoms with Gasteiger partial charge in [-0.1, -0.05) is 18.2 Å². The van der Waals surface area contributed by atoms with E-state index in [1.54, 1.807) is 0 Å². The van der Waals surface area contributed by atoms with Gasteiger partial charge in [0.15, 0.2) is 0 Å². The Kier molecular flexibility index (Phi) is 3.93. The molecule has 0 amide bonds. The summed E-state index contributed by atoms with van der Waals surface area (Å²) in [7, 11) is 0. The van der Waals surface area contributed by atoms with Crippen molar-refractivity contribution in [3.8, 4) is 5.75 Å². The second-order valence-corrected chi connectivity index (χ2v) is 7.59. The number of hydrogen-bond donors (Lipinski definition) is 1. The van der Waals surface area contributed by atoms with E-state index < -0.39 is 6.10 Å². The molecular formula is C22H24N2O2. The van der Waals surface area contributed by atoms with Gasteiger partial charge in [-0.3, -0.25) is 0 Å². The number of nitrogens with zero attached hydrogens (tertiary/aromatic N) is 2. The van der Waals surface area contributed by atoms with E-state index >= 15 is 0 Å². The molecule has 1 aromatic heterocycles. The summed E-state index contributed by atoms with van der Waals surface area (Å²) < 4.78 is 8.07. The minimum atomic E-state index is -0.557. The molecule has 1 saturated carbocycles. The Labute approximate surface area is 153 Å². The van der Waals surface area contributed by atoms with Crippen LogP contribution < -0.4 is 4.74 Å². The van der Waals surface area contributed by atoms with Crippen LogP contribution in [-0.4, -0.2) is 27.4 Å². The van der Waals surface area contributed by atoms with Gasteiger partial charge in [0.1, 0.15) is 24.3 Å². The average Bonchev–Trinajstić information content (AvgIpc) is 3.29. The third-order valence-electron chi connectivity index (χ3n) is 5.53. The first-order chi connectivity index (χ1) is 12.8. The number of ether oxygens (including phenoxy) is 1. The van der Waals surface area contributed by atoms with Crippen molar-refractivity contribution >= 4 is 11.0 Å². The van der Waals surface area contributed by atoms with Crippen molar-refractivity contribution in [3.05, 3.63) is 59.4 Å². The van der Waals surface area contributed by atoms with Crippen molar-refractivity contribution in [1.82, 2.24) is 9.55 Å². The predicted octanol–water partition coefficient (Wildman–Crippen LogP) is 3.84. The lowest BCUT2D eigenvalue weighted by molar-refractivity contribution is 0.0927. The van der Waals surface area contributed by atoms with E-state index in [4.69, 9.17) is 9.72 Å². The first-order valence-electron chi connectivity index (χ1n) is 9.66. The molecule has 1 fully saturated rings. The fourth-order valence-electron chi connectivity index (χ4n) is 4.03. The van der Waals surface area contributed by atoms with E-state index in [0.717, 1.165) is 29.0 Å². The summed E-state index contributed by atoms with van der Waals surface area (Å²) >= 11 is 0. The van der Waals surface area contributed by atoms with Crippen LogP contribution in [0.1, 0.15) is 42.1 Å². The number of aryl methyl sites for hydroxylation is 2. The number of rotatable bonds is 6. The summed E-state index contributed by atoms with van der Waals surface area (Å²) in [6, 6.07) is 14.5. The van der Waals surface area contributed by atoms with Gasteiger partial charge in [0.25, 0.3) is 0 Å². The maximum atomic E-state index is 10.6. The number of para-hydroxylation sites is 2. The van der Waals surface area contributed by atoms with Gasteiger partial charge in [-0.15, -0.1) is 0 Å². The Morgan fingerprint density at radius 2 is 1.96 bits per heavy atom. The first kappa shape index (κ1) is 15.9. The van der Waals surface area contributed by atoms with Gasteiger partial charge >= 0.3 is 0 Å². The molecule has 5 rings (SSSR count). The summed E-state index contributed by atoms with van der Waals surface area (Å²) in [6.07, 6.45) is 5.39. The van der Waals surface area contributed by atoms with Crippen LogP contribution in [0.3, 0.4) is 0 Å². The third-order valence-corrected chi connectivity index (χ3v) is 5.53. The van der Waals surface area contributed by atoms with Crippen LogP contribution in [0.2, 0.25) is 0 Å². The molecule has 3 aromatic rings. The molecule has 1 unspecified atom stereocenters. The third kappa shape index (κ3) is 2.99. The number of fused-ring (bicyclic) bond motifs is 2. The second kappa shape index (κ2) is 6.44. The van der Waals surface area contributed by atoms with E-state index in [1.807, 2.05) is 24.3 Å². The quantitative estimate of drug-likeness (QED) is 0.736. The summed E-state index contributed by atoms with van der Waals surface area (Å²) in [6.45, 7) is 0.826. The summed E-state index contributed by atoms with van der Waals surface area (Å²) in [5.74, 6) is 2.53. The highest BCUT2D eigenvalue weighted by molar-refractivity contribution is 5.76. The maximum Gasteiger partial charge on any atom is 0.119 e. The highest BCUT2D eigenvalue weighted by atomic mass is 16.5. The maximum absolute atomic E-state index is 10.6. The average molecular weight is 348 g/mol. The molecule has 2 aliphatic rings. The summed E-state index contributed by atoms with van der Waals surface area (Å²) in [4.78, 5) is 4.80. The molecular weight excluding hydrogens is 324 g/mol. The monoisotopic (exact) mass is 348 g/mol. The van der Waals surface area contributed by atoms with E-state index in [2.05, 4.69) is 22.8 Å².